The highest BCUT2D eigenvalue weighted by Gasteiger charge is 2.15. The fraction of sp³-hybridized carbons (Fsp3) is 0.571. The molecule has 0 atom stereocenters. The van der Waals surface area contributed by atoms with Gasteiger partial charge in [0.15, 0.2) is 0 Å². The summed E-state index contributed by atoms with van der Waals surface area (Å²) in [5.41, 5.74) is 4.15. The van der Waals surface area contributed by atoms with Gasteiger partial charge in [-0.2, -0.15) is 0 Å². The first-order valence-corrected chi connectivity index (χ1v) is 5.49. The molecule has 1 aliphatic rings. The fourth-order valence-electron chi connectivity index (χ4n) is 1.59. The van der Waals surface area contributed by atoms with Crippen LogP contribution in [0.5, 0.6) is 0 Å². The molecule has 0 aromatic heterocycles. The Morgan fingerprint density at radius 2 is 1.79 bits per heavy atom. The second-order valence-electron chi connectivity index (χ2n) is 5.26. The Bertz CT molecular complexity index is 271. The van der Waals surface area contributed by atoms with Crippen LogP contribution in [0.2, 0.25) is 0 Å². The Morgan fingerprint density at radius 3 is 2.29 bits per heavy atom. The van der Waals surface area contributed by atoms with Crippen molar-refractivity contribution in [1.29, 1.82) is 0 Å². The van der Waals surface area contributed by atoms with E-state index in [1.807, 2.05) is 0 Å². The molecule has 0 radical (unpaired) electrons. The summed E-state index contributed by atoms with van der Waals surface area (Å²) in [6.45, 7) is 14.9. The molecule has 1 aliphatic carbocycles. The number of hydrogen-bond acceptors (Lipinski definition) is 0. The molecule has 0 heteroatoms. The lowest BCUT2D eigenvalue weighted by Gasteiger charge is -2.23. The molecule has 14 heavy (non-hydrogen) atoms. The van der Waals surface area contributed by atoms with Gasteiger partial charge in [-0.05, 0) is 42.2 Å². The van der Waals surface area contributed by atoms with Gasteiger partial charge in [0.1, 0.15) is 0 Å². The Morgan fingerprint density at radius 1 is 1.21 bits per heavy atom. The second-order valence-corrected chi connectivity index (χ2v) is 5.26. The average Bonchev–Trinajstić information content (AvgIpc) is 2.07. The highest BCUT2D eigenvalue weighted by molar-refractivity contribution is 5.37. The molecular weight excluding hydrogens is 168 g/mol. The summed E-state index contributed by atoms with van der Waals surface area (Å²) in [5.74, 6) is 0. The van der Waals surface area contributed by atoms with Crippen molar-refractivity contribution in [2.75, 3.05) is 0 Å². The van der Waals surface area contributed by atoms with Crippen molar-refractivity contribution in [2.24, 2.45) is 5.41 Å². The van der Waals surface area contributed by atoms with E-state index >= 15 is 0 Å². The molecule has 0 unspecified atom stereocenters. The topological polar surface area (TPSA) is 0 Å². The largest absolute Gasteiger partial charge is 0.0956 e. The molecule has 0 bridgehead atoms. The molecule has 0 aromatic carbocycles. The maximum absolute atomic E-state index is 4.14. The zero-order chi connectivity index (χ0) is 10.8. The zero-order valence-corrected chi connectivity index (χ0v) is 9.82. The Labute approximate surface area is 88.4 Å². The van der Waals surface area contributed by atoms with Gasteiger partial charge in [-0.1, -0.05) is 45.6 Å². The molecule has 1 fully saturated rings. The van der Waals surface area contributed by atoms with E-state index < -0.39 is 0 Å². The van der Waals surface area contributed by atoms with Gasteiger partial charge in [0.2, 0.25) is 0 Å². The molecular formula is C14H22. The van der Waals surface area contributed by atoms with Gasteiger partial charge in [-0.15, -0.1) is 0 Å². The van der Waals surface area contributed by atoms with Crippen molar-refractivity contribution in [2.45, 2.75) is 46.5 Å². The van der Waals surface area contributed by atoms with E-state index in [2.05, 4.69) is 40.0 Å². The van der Waals surface area contributed by atoms with Crippen LogP contribution in [0.25, 0.3) is 0 Å². The van der Waals surface area contributed by atoms with Gasteiger partial charge in [0, 0.05) is 0 Å². The van der Waals surface area contributed by atoms with Crippen LogP contribution in [-0.4, -0.2) is 0 Å². The van der Waals surface area contributed by atoms with E-state index in [-0.39, 0.29) is 5.41 Å². The third-order valence-electron chi connectivity index (χ3n) is 2.94. The molecule has 0 heterocycles. The van der Waals surface area contributed by atoms with Gasteiger partial charge in [0.25, 0.3) is 0 Å². The first-order valence-electron chi connectivity index (χ1n) is 5.49. The van der Waals surface area contributed by atoms with Crippen LogP contribution in [0.4, 0.5) is 0 Å². The molecule has 0 saturated heterocycles. The lowest BCUT2D eigenvalue weighted by Crippen LogP contribution is -2.08. The maximum Gasteiger partial charge on any atom is -0.0138 e. The van der Waals surface area contributed by atoms with Crippen LogP contribution in [0.15, 0.2) is 36.0 Å². The number of rotatable bonds is 1. The molecule has 1 saturated carbocycles. The molecule has 0 aromatic rings. The van der Waals surface area contributed by atoms with Gasteiger partial charge in [-0.25, -0.2) is 0 Å². The van der Waals surface area contributed by atoms with Crippen molar-refractivity contribution in [3.8, 4) is 0 Å². The van der Waals surface area contributed by atoms with E-state index in [9.17, 15) is 0 Å². The quantitative estimate of drug-likeness (QED) is 0.565. The van der Waals surface area contributed by atoms with Crippen LogP contribution in [-0.2, 0) is 0 Å². The SMILES string of the molecule is C=C1CCCC/C1=C/C(=C)C(C)(C)C. The molecule has 1 rings (SSSR count). The number of hydrogen-bond donors (Lipinski definition) is 0. The third kappa shape index (κ3) is 2.87. The minimum Gasteiger partial charge on any atom is -0.0956 e. The van der Waals surface area contributed by atoms with E-state index in [4.69, 9.17) is 0 Å². The van der Waals surface area contributed by atoms with Gasteiger partial charge in [-0.3, -0.25) is 0 Å². The van der Waals surface area contributed by atoms with Gasteiger partial charge >= 0.3 is 0 Å². The fourth-order valence-corrected chi connectivity index (χ4v) is 1.59. The zero-order valence-electron chi connectivity index (χ0n) is 9.82. The molecule has 0 aliphatic heterocycles. The second kappa shape index (κ2) is 4.16. The van der Waals surface area contributed by atoms with Crippen molar-refractivity contribution in [3.05, 3.63) is 36.0 Å². The highest BCUT2D eigenvalue weighted by Crippen LogP contribution is 2.32. The summed E-state index contributed by atoms with van der Waals surface area (Å²) < 4.78 is 0. The van der Waals surface area contributed by atoms with Crippen LogP contribution in [0.3, 0.4) is 0 Å². The summed E-state index contributed by atoms with van der Waals surface area (Å²) in [4.78, 5) is 0. The summed E-state index contributed by atoms with van der Waals surface area (Å²) >= 11 is 0. The third-order valence-corrected chi connectivity index (χ3v) is 2.94. The van der Waals surface area contributed by atoms with Crippen LogP contribution in [0.1, 0.15) is 46.5 Å². The molecule has 78 valence electrons. The monoisotopic (exact) mass is 190 g/mol. The maximum atomic E-state index is 4.14. The predicted molar refractivity (Wildman–Crippen MR) is 64.3 cm³/mol. The molecule has 0 spiro atoms. The summed E-state index contributed by atoms with van der Waals surface area (Å²) in [6, 6.07) is 0. The van der Waals surface area contributed by atoms with Gasteiger partial charge in [0.05, 0.1) is 0 Å². The van der Waals surface area contributed by atoms with E-state index in [1.54, 1.807) is 0 Å². The first-order chi connectivity index (χ1) is 6.41. The van der Waals surface area contributed by atoms with Crippen molar-refractivity contribution in [1.82, 2.24) is 0 Å². The smallest absolute Gasteiger partial charge is 0.0138 e. The summed E-state index contributed by atoms with van der Waals surface area (Å²) in [7, 11) is 0. The predicted octanol–water partition coefficient (Wildman–Crippen LogP) is 4.65. The molecule has 0 nitrogen and oxygen atoms in total. The minimum absolute atomic E-state index is 0.185. The van der Waals surface area contributed by atoms with Crippen LogP contribution < -0.4 is 0 Å². The van der Waals surface area contributed by atoms with Crippen molar-refractivity contribution in [3.63, 3.8) is 0 Å². The van der Waals surface area contributed by atoms with Crippen LogP contribution in [0, 0.1) is 5.41 Å². The normalized spacial score (nSPS) is 21.4. The van der Waals surface area contributed by atoms with Crippen molar-refractivity contribution >= 4 is 0 Å². The lowest BCUT2D eigenvalue weighted by molar-refractivity contribution is 0.517. The first kappa shape index (κ1) is 11.3. The van der Waals surface area contributed by atoms with E-state index in [0.29, 0.717) is 0 Å². The Balaban J connectivity index is 2.76. The number of allylic oxidation sites excluding steroid dienone is 4. The lowest BCUT2D eigenvalue weighted by atomic mass is 9.83. The van der Waals surface area contributed by atoms with Crippen molar-refractivity contribution < 1.29 is 0 Å². The Hall–Kier alpha value is -0.780. The van der Waals surface area contributed by atoms with E-state index in [0.717, 1.165) is 0 Å². The summed E-state index contributed by atoms with van der Waals surface area (Å²) in [6.07, 6.45) is 7.22. The summed E-state index contributed by atoms with van der Waals surface area (Å²) in [5, 5.41) is 0. The van der Waals surface area contributed by atoms with Crippen LogP contribution >= 0.6 is 0 Å². The minimum atomic E-state index is 0.185. The van der Waals surface area contributed by atoms with E-state index in [1.165, 1.54) is 42.4 Å². The standard InChI is InChI=1S/C14H22/c1-11-8-6-7-9-13(11)10-12(2)14(3,4)5/h10H,1-2,6-9H2,3-5H3/b13-10-. The average molecular weight is 190 g/mol. The van der Waals surface area contributed by atoms with Gasteiger partial charge < -0.3 is 0 Å². The Kier molecular flexibility index (Phi) is 3.36. The molecule has 0 amide bonds. The highest BCUT2D eigenvalue weighted by atomic mass is 14.2. The molecule has 0 N–H and O–H groups in total.